The lowest BCUT2D eigenvalue weighted by Gasteiger charge is -2.12. The van der Waals surface area contributed by atoms with Crippen LogP contribution in [0.25, 0.3) is 0 Å². The summed E-state index contributed by atoms with van der Waals surface area (Å²) in [5.41, 5.74) is 1.11. The molecule has 0 fully saturated rings. The molecule has 0 spiro atoms. The second-order valence-electron chi connectivity index (χ2n) is 4.22. The molecular formula is C13H16ClN3O2. The van der Waals surface area contributed by atoms with Gasteiger partial charge in [0, 0.05) is 6.04 Å². The molecule has 1 N–H and O–H groups in total. The Hall–Kier alpha value is -1.59. The van der Waals surface area contributed by atoms with Crippen LogP contribution in [0.4, 0.5) is 0 Å². The van der Waals surface area contributed by atoms with Crippen molar-refractivity contribution in [2.45, 2.75) is 26.5 Å². The Labute approximate surface area is 116 Å². The maximum Gasteiger partial charge on any atom is 0.264 e. The number of ether oxygens (including phenoxy) is 1. The first-order chi connectivity index (χ1) is 9.10. The van der Waals surface area contributed by atoms with E-state index in [0.717, 1.165) is 5.56 Å². The number of hydrogen-bond acceptors (Lipinski definition) is 5. The van der Waals surface area contributed by atoms with E-state index in [0.29, 0.717) is 22.5 Å². The molecule has 0 radical (unpaired) electrons. The number of nitrogens with one attached hydrogen (secondary N) is 1. The van der Waals surface area contributed by atoms with Crippen molar-refractivity contribution in [1.82, 2.24) is 15.5 Å². The third-order valence-electron chi connectivity index (χ3n) is 2.81. The van der Waals surface area contributed by atoms with E-state index in [1.54, 1.807) is 6.92 Å². The molecule has 1 unspecified atom stereocenters. The van der Waals surface area contributed by atoms with Gasteiger partial charge in [-0.05, 0) is 38.6 Å². The minimum Gasteiger partial charge on any atom is -0.482 e. The van der Waals surface area contributed by atoms with Crippen LogP contribution in [0.15, 0.2) is 22.7 Å². The van der Waals surface area contributed by atoms with Crippen LogP contribution in [-0.2, 0) is 6.61 Å². The van der Waals surface area contributed by atoms with Crippen molar-refractivity contribution in [3.8, 4) is 5.75 Å². The van der Waals surface area contributed by atoms with Crippen molar-refractivity contribution in [3.63, 3.8) is 0 Å². The van der Waals surface area contributed by atoms with Gasteiger partial charge in [0.25, 0.3) is 5.89 Å². The largest absolute Gasteiger partial charge is 0.482 e. The van der Waals surface area contributed by atoms with Crippen LogP contribution in [0, 0.1) is 6.92 Å². The normalized spacial score (nSPS) is 12.4. The highest BCUT2D eigenvalue weighted by Crippen LogP contribution is 2.28. The average molecular weight is 282 g/mol. The summed E-state index contributed by atoms with van der Waals surface area (Å²) in [5, 5.41) is 7.41. The first-order valence-electron chi connectivity index (χ1n) is 5.99. The van der Waals surface area contributed by atoms with Crippen molar-refractivity contribution < 1.29 is 9.26 Å². The minimum absolute atomic E-state index is 0.210. The van der Waals surface area contributed by atoms with E-state index in [2.05, 4.69) is 22.4 Å². The summed E-state index contributed by atoms with van der Waals surface area (Å²) in [6, 6.07) is 5.94. The molecule has 1 heterocycles. The van der Waals surface area contributed by atoms with Gasteiger partial charge in [-0.3, -0.25) is 0 Å². The molecule has 6 heteroatoms. The zero-order valence-electron chi connectivity index (χ0n) is 11.1. The van der Waals surface area contributed by atoms with Gasteiger partial charge in [-0.1, -0.05) is 22.8 Å². The van der Waals surface area contributed by atoms with Gasteiger partial charge in [0.1, 0.15) is 5.75 Å². The van der Waals surface area contributed by atoms with E-state index in [9.17, 15) is 0 Å². The van der Waals surface area contributed by atoms with Gasteiger partial charge < -0.3 is 14.6 Å². The summed E-state index contributed by atoms with van der Waals surface area (Å²) in [5.74, 6) is 1.62. The standard InChI is InChI=1S/C13H16ClN3O2/c1-8(15-3)10-4-5-12(11(14)6-10)18-7-13-16-9(2)17-19-13/h4-6,8,15H,7H2,1-3H3. The van der Waals surface area contributed by atoms with E-state index in [4.69, 9.17) is 20.9 Å². The fourth-order valence-electron chi connectivity index (χ4n) is 1.61. The van der Waals surface area contributed by atoms with Crippen LogP contribution in [0.3, 0.4) is 0 Å². The van der Waals surface area contributed by atoms with Crippen LogP contribution in [-0.4, -0.2) is 17.2 Å². The molecule has 0 aliphatic carbocycles. The lowest BCUT2D eigenvalue weighted by Crippen LogP contribution is -2.12. The summed E-state index contributed by atoms with van der Waals surface area (Å²) in [6.45, 7) is 4.03. The monoisotopic (exact) mass is 281 g/mol. The van der Waals surface area contributed by atoms with Crippen LogP contribution in [0.5, 0.6) is 5.75 Å². The fourth-order valence-corrected chi connectivity index (χ4v) is 1.85. The first kappa shape index (κ1) is 13.8. The number of rotatable bonds is 5. The summed E-state index contributed by atoms with van der Waals surface area (Å²) in [4.78, 5) is 4.06. The van der Waals surface area contributed by atoms with Crippen LogP contribution in [0.2, 0.25) is 5.02 Å². The molecule has 0 aliphatic rings. The Balaban J connectivity index is 2.05. The van der Waals surface area contributed by atoms with E-state index in [1.165, 1.54) is 0 Å². The molecule has 5 nitrogen and oxygen atoms in total. The summed E-state index contributed by atoms with van der Waals surface area (Å²) in [7, 11) is 1.90. The molecule has 19 heavy (non-hydrogen) atoms. The Morgan fingerprint density at radius 2 is 2.26 bits per heavy atom. The maximum absolute atomic E-state index is 6.18. The van der Waals surface area contributed by atoms with Crippen molar-refractivity contribution >= 4 is 11.6 Å². The average Bonchev–Trinajstić information content (AvgIpc) is 2.82. The lowest BCUT2D eigenvalue weighted by atomic mass is 10.1. The molecule has 1 aromatic carbocycles. The number of aromatic nitrogens is 2. The Morgan fingerprint density at radius 3 is 2.84 bits per heavy atom. The number of aryl methyl sites for hydroxylation is 1. The zero-order valence-corrected chi connectivity index (χ0v) is 11.9. The highest BCUT2D eigenvalue weighted by Gasteiger charge is 2.09. The van der Waals surface area contributed by atoms with Gasteiger partial charge in [-0.15, -0.1) is 0 Å². The van der Waals surface area contributed by atoms with E-state index in [-0.39, 0.29) is 12.6 Å². The second-order valence-corrected chi connectivity index (χ2v) is 4.63. The Kier molecular flexibility index (Phi) is 4.39. The van der Waals surface area contributed by atoms with Crippen molar-refractivity contribution in [1.29, 1.82) is 0 Å². The fraction of sp³-hybridized carbons (Fsp3) is 0.385. The van der Waals surface area contributed by atoms with Crippen molar-refractivity contribution in [2.75, 3.05) is 7.05 Å². The molecule has 1 atom stereocenters. The molecule has 0 bridgehead atoms. The second kappa shape index (κ2) is 6.04. The molecule has 0 aliphatic heterocycles. The quantitative estimate of drug-likeness (QED) is 0.913. The predicted octanol–water partition coefficient (Wildman–Crippen LogP) is 2.89. The molecular weight excluding hydrogens is 266 g/mol. The number of benzene rings is 1. The van der Waals surface area contributed by atoms with Crippen LogP contribution < -0.4 is 10.1 Å². The topological polar surface area (TPSA) is 60.2 Å². The molecule has 1 aromatic heterocycles. The number of halogens is 1. The van der Waals surface area contributed by atoms with Crippen LogP contribution in [0.1, 0.15) is 30.2 Å². The molecule has 0 amide bonds. The summed E-state index contributed by atoms with van der Waals surface area (Å²) >= 11 is 6.18. The number of hydrogen-bond donors (Lipinski definition) is 1. The molecule has 102 valence electrons. The lowest BCUT2D eigenvalue weighted by molar-refractivity contribution is 0.242. The maximum atomic E-state index is 6.18. The van der Waals surface area contributed by atoms with Gasteiger partial charge in [0.05, 0.1) is 5.02 Å². The minimum atomic E-state index is 0.210. The van der Waals surface area contributed by atoms with E-state index < -0.39 is 0 Å². The van der Waals surface area contributed by atoms with Crippen LogP contribution >= 0.6 is 11.6 Å². The highest BCUT2D eigenvalue weighted by molar-refractivity contribution is 6.32. The summed E-state index contributed by atoms with van der Waals surface area (Å²) < 4.78 is 10.5. The Bertz CT molecular complexity index is 557. The van der Waals surface area contributed by atoms with E-state index in [1.807, 2.05) is 25.2 Å². The Morgan fingerprint density at radius 1 is 1.47 bits per heavy atom. The molecule has 2 rings (SSSR count). The van der Waals surface area contributed by atoms with Gasteiger partial charge in [-0.2, -0.15) is 4.98 Å². The highest BCUT2D eigenvalue weighted by atomic mass is 35.5. The smallest absolute Gasteiger partial charge is 0.264 e. The molecule has 0 saturated heterocycles. The third kappa shape index (κ3) is 3.45. The summed E-state index contributed by atoms with van der Waals surface area (Å²) in [6.07, 6.45) is 0. The van der Waals surface area contributed by atoms with Crippen molar-refractivity contribution in [3.05, 3.63) is 40.5 Å². The van der Waals surface area contributed by atoms with Crippen molar-refractivity contribution in [2.24, 2.45) is 0 Å². The zero-order chi connectivity index (χ0) is 13.8. The van der Waals surface area contributed by atoms with Gasteiger partial charge >= 0.3 is 0 Å². The molecule has 2 aromatic rings. The van der Waals surface area contributed by atoms with Gasteiger partial charge in [0.15, 0.2) is 12.4 Å². The third-order valence-corrected chi connectivity index (χ3v) is 3.11. The van der Waals surface area contributed by atoms with Gasteiger partial charge in [0.2, 0.25) is 0 Å². The van der Waals surface area contributed by atoms with Gasteiger partial charge in [-0.25, -0.2) is 0 Å². The number of nitrogens with zero attached hydrogens (tertiary/aromatic N) is 2. The van der Waals surface area contributed by atoms with E-state index >= 15 is 0 Å². The molecule has 0 saturated carbocycles. The SMILES string of the molecule is CNC(C)c1ccc(OCc2nc(C)no2)c(Cl)c1. The predicted molar refractivity (Wildman–Crippen MR) is 72.3 cm³/mol. The first-order valence-corrected chi connectivity index (χ1v) is 6.36.